The molecule has 0 bridgehead atoms. The van der Waals surface area contributed by atoms with E-state index >= 15 is 0 Å². The lowest BCUT2D eigenvalue weighted by Gasteiger charge is -2.21. The van der Waals surface area contributed by atoms with E-state index < -0.39 is 0 Å². The van der Waals surface area contributed by atoms with E-state index in [-0.39, 0.29) is 12.5 Å². The molecule has 2 heterocycles. The summed E-state index contributed by atoms with van der Waals surface area (Å²) in [6, 6.07) is 26.2. The molecule has 0 aliphatic heterocycles. The fourth-order valence-electron chi connectivity index (χ4n) is 5.07. The molecule has 0 unspecified atom stereocenters. The van der Waals surface area contributed by atoms with Gasteiger partial charge in [0.05, 0.1) is 24.8 Å². The highest BCUT2D eigenvalue weighted by Crippen LogP contribution is 2.41. The number of amides is 1. The molecule has 1 amide bonds. The Morgan fingerprint density at radius 1 is 1.00 bits per heavy atom. The van der Waals surface area contributed by atoms with Gasteiger partial charge < -0.3 is 0 Å². The molecule has 0 atom stereocenters. The lowest BCUT2D eigenvalue weighted by Crippen LogP contribution is -2.30. The second-order valence-corrected chi connectivity index (χ2v) is 10.4. The van der Waals surface area contributed by atoms with Crippen LogP contribution in [0.25, 0.3) is 10.8 Å². The Labute approximate surface area is 219 Å². The smallest absolute Gasteiger partial charge is 0.259 e. The van der Waals surface area contributed by atoms with Crippen LogP contribution < -0.4 is 4.90 Å². The molecule has 0 fully saturated rings. The van der Waals surface area contributed by atoms with Gasteiger partial charge in [-0.3, -0.25) is 9.69 Å². The van der Waals surface area contributed by atoms with E-state index in [1.54, 1.807) is 20.9 Å². The van der Waals surface area contributed by atoms with Gasteiger partial charge in [-0.1, -0.05) is 71.9 Å². The van der Waals surface area contributed by atoms with E-state index in [1.807, 2.05) is 79.0 Å². The van der Waals surface area contributed by atoms with Crippen molar-refractivity contribution in [3.63, 3.8) is 0 Å². The first kappa shape index (κ1) is 23.1. The average Bonchev–Trinajstić information content (AvgIpc) is 3.55. The molecule has 7 heteroatoms. The Hall–Kier alpha value is -4.28. The molecule has 0 radical (unpaired) electrons. The Morgan fingerprint density at radius 2 is 1.78 bits per heavy atom. The van der Waals surface area contributed by atoms with Crippen LogP contribution in [0.5, 0.6) is 0 Å². The zero-order valence-electron chi connectivity index (χ0n) is 20.3. The summed E-state index contributed by atoms with van der Waals surface area (Å²) in [6.07, 6.45) is 5.91. The first-order valence-corrected chi connectivity index (χ1v) is 13.3. The number of benzene rings is 3. The number of nitrogens with zero attached hydrogens (tertiary/aromatic N) is 5. The second-order valence-electron chi connectivity index (χ2n) is 9.31. The second kappa shape index (κ2) is 10.00. The Kier molecular flexibility index (Phi) is 6.25. The fourth-order valence-corrected chi connectivity index (χ4v) is 6.41. The van der Waals surface area contributed by atoms with Gasteiger partial charge in [0.15, 0.2) is 0 Å². The largest absolute Gasteiger partial charge is 0.292 e. The van der Waals surface area contributed by atoms with Gasteiger partial charge in [-0.2, -0.15) is 5.26 Å². The molecular formula is C30H25N5OS. The average molecular weight is 504 g/mol. The molecule has 1 aliphatic carbocycles. The number of thiophene rings is 1. The summed E-state index contributed by atoms with van der Waals surface area (Å²) in [7, 11) is 0. The van der Waals surface area contributed by atoms with E-state index in [9.17, 15) is 10.1 Å². The van der Waals surface area contributed by atoms with Crippen LogP contribution in [-0.2, 0) is 25.9 Å². The van der Waals surface area contributed by atoms with Crippen LogP contribution in [0.3, 0.4) is 0 Å². The number of hydrogen-bond donors (Lipinski definition) is 0. The van der Waals surface area contributed by atoms with Crippen molar-refractivity contribution in [3.8, 4) is 6.07 Å². The summed E-state index contributed by atoms with van der Waals surface area (Å²) in [5.74, 6) is -0.135. The molecule has 2 aromatic heterocycles. The number of hydrogen-bond acceptors (Lipinski definition) is 5. The normalized spacial score (nSPS) is 12.7. The van der Waals surface area contributed by atoms with Crippen LogP contribution in [0.4, 0.5) is 5.00 Å². The van der Waals surface area contributed by atoms with Gasteiger partial charge >= 0.3 is 0 Å². The highest BCUT2D eigenvalue weighted by atomic mass is 32.1. The maximum Gasteiger partial charge on any atom is 0.259 e. The number of carbonyl (C=O) groups excluding carboxylic acids is 1. The van der Waals surface area contributed by atoms with E-state index in [2.05, 4.69) is 16.4 Å². The van der Waals surface area contributed by atoms with E-state index in [4.69, 9.17) is 0 Å². The first-order valence-electron chi connectivity index (χ1n) is 12.5. The van der Waals surface area contributed by atoms with Gasteiger partial charge in [-0.15, -0.1) is 16.4 Å². The predicted octanol–water partition coefficient (Wildman–Crippen LogP) is 6.14. The number of anilines is 1. The SMILES string of the molecule is N#Cc1c(N(Cc2cn(Cc3ccccc3)nn2)C(=O)c2cccc3ccccc23)sc2c1CCCC2. The third kappa shape index (κ3) is 4.52. The Morgan fingerprint density at radius 3 is 2.65 bits per heavy atom. The monoisotopic (exact) mass is 503 g/mol. The van der Waals surface area contributed by atoms with Gasteiger partial charge in [0.1, 0.15) is 16.8 Å². The van der Waals surface area contributed by atoms with Crippen molar-refractivity contribution >= 4 is 33.0 Å². The third-order valence-corrected chi connectivity index (χ3v) is 8.18. The van der Waals surface area contributed by atoms with Crippen molar-refractivity contribution in [1.82, 2.24) is 15.0 Å². The van der Waals surface area contributed by atoms with Crippen molar-refractivity contribution in [3.05, 3.63) is 112 Å². The molecule has 0 N–H and O–H groups in total. The van der Waals surface area contributed by atoms with Crippen LogP contribution in [0.2, 0.25) is 0 Å². The molecule has 3 aromatic carbocycles. The lowest BCUT2D eigenvalue weighted by atomic mass is 9.96. The topological polar surface area (TPSA) is 74.8 Å². The number of rotatable bonds is 6. The predicted molar refractivity (Wildman–Crippen MR) is 146 cm³/mol. The van der Waals surface area contributed by atoms with Crippen LogP contribution in [-0.4, -0.2) is 20.9 Å². The maximum atomic E-state index is 14.2. The fraction of sp³-hybridized carbons (Fsp3) is 0.200. The zero-order chi connectivity index (χ0) is 25.2. The molecule has 0 saturated heterocycles. The minimum absolute atomic E-state index is 0.135. The van der Waals surface area contributed by atoms with Gasteiger partial charge in [0.2, 0.25) is 0 Å². The van der Waals surface area contributed by atoms with Crippen LogP contribution in [0, 0.1) is 11.3 Å². The molecule has 0 saturated carbocycles. The number of nitriles is 1. The summed E-state index contributed by atoms with van der Waals surface area (Å²) in [5.41, 5.74) is 4.16. The molecule has 0 spiro atoms. The number of fused-ring (bicyclic) bond motifs is 2. The van der Waals surface area contributed by atoms with E-state index in [0.717, 1.165) is 47.6 Å². The first-order chi connectivity index (χ1) is 18.2. The Bertz CT molecular complexity index is 1620. The summed E-state index contributed by atoms with van der Waals surface area (Å²) < 4.78 is 1.79. The minimum Gasteiger partial charge on any atom is -0.292 e. The van der Waals surface area contributed by atoms with E-state index in [0.29, 0.717) is 28.4 Å². The van der Waals surface area contributed by atoms with Crippen molar-refractivity contribution in [2.75, 3.05) is 4.90 Å². The van der Waals surface area contributed by atoms with Crippen molar-refractivity contribution < 1.29 is 4.79 Å². The van der Waals surface area contributed by atoms with Crippen molar-refractivity contribution in [2.45, 2.75) is 38.8 Å². The summed E-state index contributed by atoms with van der Waals surface area (Å²) in [5, 5.41) is 21.5. The molecule has 37 heavy (non-hydrogen) atoms. The number of carbonyl (C=O) groups is 1. The zero-order valence-corrected chi connectivity index (χ0v) is 21.1. The highest BCUT2D eigenvalue weighted by molar-refractivity contribution is 7.16. The quantitative estimate of drug-likeness (QED) is 0.279. The minimum atomic E-state index is -0.135. The van der Waals surface area contributed by atoms with Crippen LogP contribution in [0.1, 0.15) is 50.5 Å². The van der Waals surface area contributed by atoms with Crippen LogP contribution >= 0.6 is 11.3 Å². The lowest BCUT2D eigenvalue weighted by molar-refractivity contribution is 0.0987. The van der Waals surface area contributed by atoms with E-state index in [1.165, 1.54) is 4.88 Å². The van der Waals surface area contributed by atoms with Gasteiger partial charge in [-0.05, 0) is 53.6 Å². The molecule has 5 aromatic rings. The summed E-state index contributed by atoms with van der Waals surface area (Å²) >= 11 is 1.58. The Balaban J connectivity index is 1.41. The molecule has 6 rings (SSSR count). The summed E-state index contributed by atoms with van der Waals surface area (Å²) in [4.78, 5) is 17.2. The molecule has 182 valence electrons. The summed E-state index contributed by atoms with van der Waals surface area (Å²) in [6.45, 7) is 0.840. The molecule has 1 aliphatic rings. The van der Waals surface area contributed by atoms with Gasteiger partial charge in [0, 0.05) is 10.4 Å². The van der Waals surface area contributed by atoms with Crippen molar-refractivity contribution in [2.24, 2.45) is 0 Å². The molecular weight excluding hydrogens is 478 g/mol. The van der Waals surface area contributed by atoms with Crippen LogP contribution in [0.15, 0.2) is 79.0 Å². The number of aromatic nitrogens is 3. The maximum absolute atomic E-state index is 14.2. The third-order valence-electron chi connectivity index (χ3n) is 6.87. The highest BCUT2D eigenvalue weighted by Gasteiger charge is 2.29. The number of aryl methyl sites for hydroxylation is 1. The van der Waals surface area contributed by atoms with Gasteiger partial charge in [-0.25, -0.2) is 4.68 Å². The molecule has 6 nitrogen and oxygen atoms in total. The standard InChI is InChI=1S/C30H25N5OS/c31-17-27-25-14-6-7-16-28(25)37-30(27)35(29(36)26-15-8-12-22-11-4-5-13-24(22)26)20-23-19-34(33-32-23)18-21-9-2-1-3-10-21/h1-5,8-13,15,19H,6-7,14,16,18,20H2. The van der Waals surface area contributed by atoms with Crippen molar-refractivity contribution in [1.29, 1.82) is 5.26 Å². The van der Waals surface area contributed by atoms with Gasteiger partial charge in [0.25, 0.3) is 5.91 Å².